The molecule has 254 valence electrons. The summed E-state index contributed by atoms with van der Waals surface area (Å²) in [6.45, 7) is 2.57. The van der Waals surface area contributed by atoms with Crippen LogP contribution in [0.3, 0.4) is 0 Å². The monoisotopic (exact) mass is 724 g/mol. The number of halogens is 6. The average Bonchev–Trinajstić information content (AvgIpc) is 3.65. The lowest BCUT2D eigenvalue weighted by Crippen LogP contribution is -2.46. The van der Waals surface area contributed by atoms with Crippen LogP contribution in [-0.4, -0.2) is 74.0 Å². The molecule has 2 atom stereocenters. The number of alkyl halides is 5. The third-order valence-corrected chi connectivity index (χ3v) is 11.2. The molecule has 6 rings (SSSR count). The largest absolute Gasteiger partial charge is 0.416 e. The van der Waals surface area contributed by atoms with E-state index in [9.17, 15) is 31.0 Å². The highest BCUT2D eigenvalue weighted by atomic mass is 35.5. The second-order valence-corrected chi connectivity index (χ2v) is 15.0. The fraction of sp³-hybridized carbons (Fsp3) is 0.344. The van der Waals surface area contributed by atoms with Crippen molar-refractivity contribution in [1.82, 2.24) is 24.5 Å². The van der Waals surface area contributed by atoms with Crippen LogP contribution in [0.2, 0.25) is 4.34 Å². The fourth-order valence-corrected chi connectivity index (χ4v) is 8.57. The molecule has 4 aromatic rings. The molecule has 2 saturated heterocycles. The zero-order valence-electron chi connectivity index (χ0n) is 25.3. The topological polar surface area (TPSA) is 81.7 Å². The van der Waals surface area contributed by atoms with Crippen LogP contribution in [0.25, 0.3) is 11.3 Å². The molecular formula is C32H30ClF5N6O2S2. The third kappa shape index (κ3) is 8.20. The third-order valence-electron chi connectivity index (χ3n) is 8.16. The number of hydrogen-bond donors (Lipinski definition) is 1. The Labute approximate surface area is 285 Å². The number of amides is 1. The van der Waals surface area contributed by atoms with Gasteiger partial charge in [-0.2, -0.15) is 13.2 Å². The van der Waals surface area contributed by atoms with Gasteiger partial charge in [0.1, 0.15) is 27.1 Å². The Kier molecular flexibility index (Phi) is 10.1. The molecule has 3 aromatic heterocycles. The van der Waals surface area contributed by atoms with E-state index < -0.39 is 53.6 Å². The minimum Gasteiger partial charge on any atom is -0.354 e. The van der Waals surface area contributed by atoms with E-state index in [-0.39, 0.29) is 10.8 Å². The number of hydrogen-bond acceptors (Lipinski definition) is 7. The molecule has 16 heteroatoms. The summed E-state index contributed by atoms with van der Waals surface area (Å²) in [7, 11) is -2.02. The second kappa shape index (κ2) is 14.2. The van der Waals surface area contributed by atoms with E-state index in [0.717, 1.165) is 53.0 Å². The van der Waals surface area contributed by atoms with Crippen molar-refractivity contribution in [2.24, 2.45) is 0 Å². The molecule has 5 heterocycles. The van der Waals surface area contributed by atoms with Gasteiger partial charge in [-0.15, -0.1) is 11.3 Å². The van der Waals surface area contributed by atoms with Gasteiger partial charge in [-0.3, -0.25) is 14.7 Å². The standard InChI is InChI=1S/C32H30ClF5N6O2S2/c33-27-5-6-29(47-27)48(46)44-20-31(34,35)17-26(44)30(45)40-18-22-15-25(23-1-3-24(4-2-23)32(36,37)38)41-28(16-22)43-13-11-42(12-14-43)19-21-7-9-39-10-8-21/h1-10,15-16,26H,11-14,17-20H2,(H,40,45). The number of anilines is 1. The molecule has 1 aromatic carbocycles. The average molecular weight is 725 g/mol. The molecule has 48 heavy (non-hydrogen) atoms. The maximum absolute atomic E-state index is 14.5. The SMILES string of the molecule is O=C(NCc1cc(-c2ccc(C(F)(F)F)cc2)nc(N2CCN(Cc3ccncc3)CC2)c1)C1CC(F)(F)CN1S(=O)c1ccc(Cl)s1. The first-order valence-electron chi connectivity index (χ1n) is 15.0. The van der Waals surface area contributed by atoms with Crippen LogP contribution in [0, 0.1) is 0 Å². The van der Waals surface area contributed by atoms with Gasteiger partial charge in [0.25, 0.3) is 5.92 Å². The van der Waals surface area contributed by atoms with Crippen molar-refractivity contribution in [3.8, 4) is 11.3 Å². The van der Waals surface area contributed by atoms with Gasteiger partial charge in [0.15, 0.2) is 0 Å². The molecule has 2 aliphatic heterocycles. The number of pyridine rings is 2. The number of benzene rings is 1. The van der Waals surface area contributed by atoms with Crippen molar-refractivity contribution in [3.05, 3.63) is 94.1 Å². The first-order chi connectivity index (χ1) is 22.8. The van der Waals surface area contributed by atoms with Gasteiger partial charge in [0, 0.05) is 63.6 Å². The first-order valence-corrected chi connectivity index (χ1v) is 17.3. The van der Waals surface area contributed by atoms with Gasteiger partial charge in [-0.05, 0) is 59.7 Å². The number of carbonyl (C=O) groups is 1. The molecule has 1 N–H and O–H groups in total. The van der Waals surface area contributed by atoms with Crippen molar-refractivity contribution >= 4 is 45.6 Å². The number of thiophene rings is 1. The Bertz CT molecular complexity index is 1770. The predicted molar refractivity (Wildman–Crippen MR) is 174 cm³/mol. The normalized spacial score (nSPS) is 19.4. The van der Waals surface area contributed by atoms with Crippen LogP contribution in [0.15, 0.2) is 77.3 Å². The summed E-state index contributed by atoms with van der Waals surface area (Å²) >= 11 is 6.94. The number of nitrogens with one attached hydrogen (secondary N) is 1. The number of carbonyl (C=O) groups excluding carboxylic acids is 1. The number of aromatic nitrogens is 2. The van der Waals surface area contributed by atoms with Crippen molar-refractivity contribution in [2.45, 2.75) is 41.9 Å². The lowest BCUT2D eigenvalue weighted by Gasteiger charge is -2.35. The number of piperazine rings is 1. The quantitative estimate of drug-likeness (QED) is 0.206. The van der Waals surface area contributed by atoms with Gasteiger partial charge in [0.2, 0.25) is 5.91 Å². The highest BCUT2D eigenvalue weighted by Crippen LogP contribution is 2.37. The Morgan fingerprint density at radius 3 is 2.35 bits per heavy atom. The highest BCUT2D eigenvalue weighted by molar-refractivity contribution is 7.85. The van der Waals surface area contributed by atoms with Gasteiger partial charge in [0.05, 0.1) is 22.1 Å². The molecule has 2 fully saturated rings. The lowest BCUT2D eigenvalue weighted by atomic mass is 10.1. The van der Waals surface area contributed by atoms with E-state index in [1.165, 1.54) is 24.3 Å². The van der Waals surface area contributed by atoms with Crippen LogP contribution < -0.4 is 10.2 Å². The van der Waals surface area contributed by atoms with Crippen molar-refractivity contribution in [1.29, 1.82) is 0 Å². The number of rotatable bonds is 9. The summed E-state index contributed by atoms with van der Waals surface area (Å²) in [5.41, 5.74) is 1.76. The summed E-state index contributed by atoms with van der Waals surface area (Å²) < 4.78 is 83.5. The maximum Gasteiger partial charge on any atom is 0.416 e. The van der Waals surface area contributed by atoms with E-state index in [1.54, 1.807) is 24.5 Å². The van der Waals surface area contributed by atoms with Crippen molar-refractivity contribution in [2.75, 3.05) is 37.6 Å². The molecular weight excluding hydrogens is 695 g/mol. The van der Waals surface area contributed by atoms with Crippen LogP contribution in [0.4, 0.5) is 27.8 Å². The van der Waals surface area contributed by atoms with Crippen molar-refractivity contribution < 1.29 is 31.0 Å². The molecule has 0 bridgehead atoms. The molecule has 0 spiro atoms. The summed E-state index contributed by atoms with van der Waals surface area (Å²) in [6, 6.07) is 13.6. The smallest absolute Gasteiger partial charge is 0.354 e. The van der Waals surface area contributed by atoms with Crippen LogP contribution in [0.1, 0.15) is 23.1 Å². The van der Waals surface area contributed by atoms with E-state index in [0.29, 0.717) is 40.1 Å². The number of nitrogens with zero attached hydrogens (tertiary/aromatic N) is 5. The van der Waals surface area contributed by atoms with E-state index in [1.807, 2.05) is 12.1 Å². The second-order valence-electron chi connectivity index (χ2n) is 11.6. The van der Waals surface area contributed by atoms with Crippen LogP contribution >= 0.6 is 22.9 Å². The van der Waals surface area contributed by atoms with Crippen LogP contribution in [-0.2, 0) is 35.0 Å². The summed E-state index contributed by atoms with van der Waals surface area (Å²) in [5, 5.41) is 2.71. The molecule has 1 amide bonds. The fourth-order valence-electron chi connectivity index (χ4n) is 5.69. The van der Waals surface area contributed by atoms with Gasteiger partial charge < -0.3 is 10.2 Å². The maximum atomic E-state index is 14.5. The van der Waals surface area contributed by atoms with Crippen molar-refractivity contribution in [3.63, 3.8) is 0 Å². The van der Waals surface area contributed by atoms with Gasteiger partial charge in [-0.25, -0.2) is 22.3 Å². The Balaban J connectivity index is 1.21. The van der Waals surface area contributed by atoms with Gasteiger partial charge in [-0.1, -0.05) is 23.7 Å². The van der Waals surface area contributed by atoms with E-state index in [2.05, 4.69) is 20.1 Å². The minimum absolute atomic E-state index is 0.0721. The predicted octanol–water partition coefficient (Wildman–Crippen LogP) is 6.25. The summed E-state index contributed by atoms with van der Waals surface area (Å²) in [5.74, 6) is -3.37. The molecule has 0 aliphatic carbocycles. The summed E-state index contributed by atoms with van der Waals surface area (Å²) in [6.07, 6.45) is -1.80. The van der Waals surface area contributed by atoms with E-state index in [4.69, 9.17) is 16.6 Å². The molecule has 0 saturated carbocycles. The Hall–Kier alpha value is -3.50. The Morgan fingerprint density at radius 2 is 1.71 bits per heavy atom. The zero-order valence-corrected chi connectivity index (χ0v) is 27.7. The molecule has 2 unspecified atom stereocenters. The summed E-state index contributed by atoms with van der Waals surface area (Å²) in [4.78, 5) is 26.5. The van der Waals surface area contributed by atoms with E-state index >= 15 is 0 Å². The highest BCUT2D eigenvalue weighted by Gasteiger charge is 2.50. The van der Waals surface area contributed by atoms with Gasteiger partial charge >= 0.3 is 6.18 Å². The molecule has 2 aliphatic rings. The molecule has 8 nitrogen and oxygen atoms in total. The lowest BCUT2D eigenvalue weighted by molar-refractivity contribution is -0.137. The minimum atomic E-state index is -4.50. The zero-order chi connectivity index (χ0) is 34.1. The first kappa shape index (κ1) is 34.4. The van der Waals surface area contributed by atoms with Crippen LogP contribution in [0.5, 0.6) is 0 Å². The Morgan fingerprint density at radius 1 is 1.00 bits per heavy atom. The molecule has 0 radical (unpaired) electrons.